The zero-order valence-corrected chi connectivity index (χ0v) is 17.3. The Labute approximate surface area is 172 Å². The van der Waals surface area contributed by atoms with E-state index in [2.05, 4.69) is 18.2 Å². The molecule has 1 spiro atoms. The summed E-state index contributed by atoms with van der Waals surface area (Å²) in [5.74, 6) is 1.67. The Morgan fingerprint density at radius 1 is 1.07 bits per heavy atom. The van der Waals surface area contributed by atoms with Gasteiger partial charge >= 0.3 is 0 Å². The molecule has 2 aliphatic heterocycles. The molecule has 0 unspecified atom stereocenters. The lowest BCUT2D eigenvalue weighted by molar-refractivity contribution is -0.134. The Bertz CT molecular complexity index is 859. The Balaban J connectivity index is 1.61. The highest BCUT2D eigenvalue weighted by Gasteiger charge is 2.42. The van der Waals surface area contributed by atoms with Crippen molar-refractivity contribution in [3.8, 4) is 11.5 Å². The zero-order valence-electron chi connectivity index (χ0n) is 17.3. The topological polar surface area (TPSA) is 48.0 Å². The van der Waals surface area contributed by atoms with Gasteiger partial charge in [-0.05, 0) is 48.1 Å². The van der Waals surface area contributed by atoms with E-state index in [0.29, 0.717) is 18.7 Å². The molecule has 2 aliphatic rings. The number of carbonyl (C=O) groups excluding carboxylic acids is 1. The highest BCUT2D eigenvalue weighted by molar-refractivity contribution is 5.77. The van der Waals surface area contributed by atoms with E-state index in [1.807, 2.05) is 29.2 Å². The molecule has 2 heterocycles. The summed E-state index contributed by atoms with van der Waals surface area (Å²) >= 11 is 0. The molecule has 4 rings (SSSR count). The molecular formula is C24H29NO4. The van der Waals surface area contributed by atoms with Crippen molar-refractivity contribution < 1.29 is 19.0 Å². The number of ether oxygens (including phenoxy) is 3. The second kappa shape index (κ2) is 8.46. The first-order valence-electron chi connectivity index (χ1n) is 10.3. The lowest BCUT2D eigenvalue weighted by Gasteiger charge is -2.46. The minimum atomic E-state index is -0.0756. The summed E-state index contributed by atoms with van der Waals surface area (Å²) in [6.45, 7) is 2.80. The third-order valence-corrected chi connectivity index (χ3v) is 6.31. The van der Waals surface area contributed by atoms with Crippen LogP contribution in [-0.2, 0) is 27.9 Å². The number of hydrogen-bond acceptors (Lipinski definition) is 4. The fourth-order valence-electron chi connectivity index (χ4n) is 4.68. The molecule has 0 aromatic heterocycles. The lowest BCUT2D eigenvalue weighted by atomic mass is 9.69. The van der Waals surface area contributed by atoms with Crippen LogP contribution in [0.1, 0.15) is 36.0 Å². The van der Waals surface area contributed by atoms with E-state index < -0.39 is 0 Å². The number of fused-ring (bicyclic) bond motifs is 2. The van der Waals surface area contributed by atoms with Crippen LogP contribution in [0.25, 0.3) is 0 Å². The standard InChI is InChI=1S/C24H29NO4/c1-27-21-14-19-16-25(23(26)9-8-18-6-4-3-5-7-18)17-24(10-12-29-13-11-24)20(19)15-22(21)28-2/h3-7,14-15H,8-13,16-17H2,1-2H3. The number of rotatable bonds is 5. The molecule has 2 aromatic rings. The number of amides is 1. The minimum absolute atomic E-state index is 0.0756. The van der Waals surface area contributed by atoms with Crippen LogP contribution in [0.5, 0.6) is 11.5 Å². The summed E-state index contributed by atoms with van der Waals surface area (Å²) in [5, 5.41) is 0. The summed E-state index contributed by atoms with van der Waals surface area (Å²) in [6.07, 6.45) is 3.13. The molecule has 1 saturated heterocycles. The fourth-order valence-corrected chi connectivity index (χ4v) is 4.68. The zero-order chi connectivity index (χ0) is 20.3. The second-order valence-corrected chi connectivity index (χ2v) is 7.99. The molecule has 2 aromatic carbocycles. The van der Waals surface area contributed by atoms with Crippen LogP contribution < -0.4 is 9.47 Å². The van der Waals surface area contributed by atoms with Gasteiger partial charge in [0, 0.05) is 38.1 Å². The molecule has 1 amide bonds. The molecule has 1 fully saturated rings. The average Bonchev–Trinajstić information content (AvgIpc) is 2.77. The highest BCUT2D eigenvalue weighted by Crippen LogP contribution is 2.45. The maximum Gasteiger partial charge on any atom is 0.223 e. The van der Waals surface area contributed by atoms with Crippen LogP contribution in [0.3, 0.4) is 0 Å². The van der Waals surface area contributed by atoms with Gasteiger partial charge in [-0.2, -0.15) is 0 Å². The van der Waals surface area contributed by atoms with E-state index in [-0.39, 0.29) is 11.3 Å². The van der Waals surface area contributed by atoms with Gasteiger partial charge in [0.05, 0.1) is 14.2 Å². The van der Waals surface area contributed by atoms with Gasteiger partial charge in [-0.1, -0.05) is 30.3 Å². The van der Waals surface area contributed by atoms with Crippen LogP contribution in [0.4, 0.5) is 0 Å². The van der Waals surface area contributed by atoms with Crippen LogP contribution >= 0.6 is 0 Å². The monoisotopic (exact) mass is 395 g/mol. The van der Waals surface area contributed by atoms with Gasteiger partial charge in [0.15, 0.2) is 11.5 Å². The normalized spacial score (nSPS) is 17.7. The molecule has 0 radical (unpaired) electrons. The Hall–Kier alpha value is -2.53. The van der Waals surface area contributed by atoms with E-state index in [1.54, 1.807) is 14.2 Å². The van der Waals surface area contributed by atoms with Gasteiger partial charge in [0.25, 0.3) is 0 Å². The second-order valence-electron chi connectivity index (χ2n) is 7.99. The van der Waals surface area contributed by atoms with Crippen LogP contribution in [0.2, 0.25) is 0 Å². The van der Waals surface area contributed by atoms with Gasteiger partial charge in [-0.25, -0.2) is 0 Å². The molecule has 5 heteroatoms. The molecule has 0 aliphatic carbocycles. The number of hydrogen-bond donors (Lipinski definition) is 0. The number of carbonyl (C=O) groups is 1. The van der Waals surface area contributed by atoms with Crippen LogP contribution in [0, 0.1) is 0 Å². The number of methoxy groups -OCH3 is 2. The van der Waals surface area contributed by atoms with Crippen molar-refractivity contribution in [1.82, 2.24) is 4.90 Å². The van der Waals surface area contributed by atoms with Crippen LogP contribution in [-0.4, -0.2) is 44.8 Å². The molecule has 0 N–H and O–H groups in total. The largest absolute Gasteiger partial charge is 0.493 e. The summed E-state index contributed by atoms with van der Waals surface area (Å²) in [6, 6.07) is 14.4. The van der Waals surface area contributed by atoms with E-state index >= 15 is 0 Å². The molecule has 154 valence electrons. The first-order valence-corrected chi connectivity index (χ1v) is 10.3. The quantitative estimate of drug-likeness (QED) is 0.774. The molecule has 5 nitrogen and oxygen atoms in total. The third kappa shape index (κ3) is 3.97. The van der Waals surface area contributed by atoms with E-state index in [0.717, 1.165) is 50.3 Å². The summed E-state index contributed by atoms with van der Waals surface area (Å²) in [7, 11) is 3.32. The van der Waals surface area contributed by atoms with Crippen molar-refractivity contribution in [2.75, 3.05) is 34.0 Å². The molecular weight excluding hydrogens is 366 g/mol. The predicted molar refractivity (Wildman–Crippen MR) is 111 cm³/mol. The molecule has 0 atom stereocenters. The Morgan fingerprint density at radius 3 is 2.45 bits per heavy atom. The maximum atomic E-state index is 13.1. The SMILES string of the molecule is COc1cc2c(cc1OC)C1(CCOCC1)CN(C(=O)CCc1ccccc1)C2. The van der Waals surface area contributed by atoms with Crippen molar-refractivity contribution in [3.05, 3.63) is 59.2 Å². The highest BCUT2D eigenvalue weighted by atomic mass is 16.5. The lowest BCUT2D eigenvalue weighted by Crippen LogP contribution is -2.50. The first-order chi connectivity index (χ1) is 14.1. The van der Waals surface area contributed by atoms with Crippen molar-refractivity contribution in [2.24, 2.45) is 0 Å². The number of benzene rings is 2. The van der Waals surface area contributed by atoms with E-state index in [4.69, 9.17) is 14.2 Å². The summed E-state index contributed by atoms with van der Waals surface area (Å²) in [5.41, 5.74) is 3.56. The van der Waals surface area contributed by atoms with Gasteiger partial charge in [-0.3, -0.25) is 4.79 Å². The third-order valence-electron chi connectivity index (χ3n) is 6.31. The smallest absolute Gasteiger partial charge is 0.223 e. The maximum absolute atomic E-state index is 13.1. The predicted octanol–water partition coefficient (Wildman–Crippen LogP) is 3.73. The first kappa shape index (κ1) is 19.8. The molecule has 29 heavy (non-hydrogen) atoms. The van der Waals surface area contributed by atoms with Gasteiger partial charge in [0.1, 0.15) is 0 Å². The van der Waals surface area contributed by atoms with Gasteiger partial charge < -0.3 is 19.1 Å². The summed E-state index contributed by atoms with van der Waals surface area (Å²) < 4.78 is 16.7. The van der Waals surface area contributed by atoms with Crippen molar-refractivity contribution in [2.45, 2.75) is 37.6 Å². The van der Waals surface area contributed by atoms with Gasteiger partial charge in [-0.15, -0.1) is 0 Å². The molecule has 0 saturated carbocycles. The Morgan fingerprint density at radius 2 is 1.76 bits per heavy atom. The molecule has 0 bridgehead atoms. The van der Waals surface area contributed by atoms with Crippen molar-refractivity contribution >= 4 is 5.91 Å². The number of nitrogens with zero attached hydrogens (tertiary/aromatic N) is 1. The van der Waals surface area contributed by atoms with Crippen LogP contribution in [0.15, 0.2) is 42.5 Å². The van der Waals surface area contributed by atoms with E-state index in [1.165, 1.54) is 11.1 Å². The van der Waals surface area contributed by atoms with Gasteiger partial charge in [0.2, 0.25) is 5.91 Å². The average molecular weight is 395 g/mol. The fraction of sp³-hybridized carbons (Fsp3) is 0.458. The summed E-state index contributed by atoms with van der Waals surface area (Å²) in [4.78, 5) is 15.2. The Kier molecular flexibility index (Phi) is 5.76. The van der Waals surface area contributed by atoms with Crippen molar-refractivity contribution in [3.63, 3.8) is 0 Å². The van der Waals surface area contributed by atoms with E-state index in [9.17, 15) is 4.79 Å². The minimum Gasteiger partial charge on any atom is -0.493 e. The number of aryl methyl sites for hydroxylation is 1. The van der Waals surface area contributed by atoms with Crippen molar-refractivity contribution in [1.29, 1.82) is 0 Å².